The molecule has 0 bridgehead atoms. The van der Waals surface area contributed by atoms with Gasteiger partial charge in [0.1, 0.15) is 5.82 Å². The molecule has 0 aliphatic heterocycles. The lowest BCUT2D eigenvalue weighted by Crippen LogP contribution is -2.19. The van der Waals surface area contributed by atoms with Crippen LogP contribution in [-0.2, 0) is 6.42 Å². The van der Waals surface area contributed by atoms with E-state index in [1.807, 2.05) is 6.07 Å². The number of hydrogen-bond acceptors (Lipinski definition) is 2. The fraction of sp³-hybridized carbons (Fsp3) is 0.267. The average molecular weight is 277 g/mol. The second kappa shape index (κ2) is 4.91. The molecule has 19 heavy (non-hydrogen) atoms. The van der Waals surface area contributed by atoms with Gasteiger partial charge in [-0.3, -0.25) is 4.98 Å². The van der Waals surface area contributed by atoms with Crippen LogP contribution in [0.1, 0.15) is 35.2 Å². The molecule has 1 aromatic heterocycles. The van der Waals surface area contributed by atoms with Crippen LogP contribution in [0.5, 0.6) is 0 Å². The maximum atomic E-state index is 13.1. The van der Waals surface area contributed by atoms with E-state index < -0.39 is 0 Å². The molecule has 2 aromatic rings. The summed E-state index contributed by atoms with van der Waals surface area (Å²) >= 11 is 6.09. The SMILES string of the molecule is NC(c1ccc(F)cc1Cl)C1CCc2cccnc21. The molecule has 2 N–H and O–H groups in total. The molecular weight excluding hydrogens is 263 g/mol. The largest absolute Gasteiger partial charge is 0.323 e. The number of halogens is 2. The molecule has 2 unspecified atom stereocenters. The molecule has 0 saturated heterocycles. The number of fused-ring (bicyclic) bond motifs is 1. The molecule has 0 fully saturated rings. The minimum absolute atomic E-state index is 0.152. The first-order valence-electron chi connectivity index (χ1n) is 6.31. The zero-order valence-corrected chi connectivity index (χ0v) is 11.1. The third kappa shape index (κ3) is 2.24. The molecule has 0 spiro atoms. The summed E-state index contributed by atoms with van der Waals surface area (Å²) in [6.07, 6.45) is 3.73. The third-order valence-electron chi connectivity index (χ3n) is 3.76. The lowest BCUT2D eigenvalue weighted by molar-refractivity contribution is 0.539. The Morgan fingerprint density at radius 3 is 3.00 bits per heavy atom. The Labute approximate surface area is 116 Å². The summed E-state index contributed by atoms with van der Waals surface area (Å²) in [6.45, 7) is 0. The van der Waals surface area contributed by atoms with Gasteiger partial charge >= 0.3 is 0 Å². The van der Waals surface area contributed by atoms with E-state index in [2.05, 4.69) is 11.1 Å². The first-order valence-corrected chi connectivity index (χ1v) is 6.69. The number of hydrogen-bond donors (Lipinski definition) is 1. The van der Waals surface area contributed by atoms with Crippen molar-refractivity contribution in [2.45, 2.75) is 24.8 Å². The molecule has 1 aliphatic rings. The molecular formula is C15H14ClFN2. The zero-order chi connectivity index (χ0) is 13.4. The van der Waals surface area contributed by atoms with Gasteiger partial charge in [0.05, 0.1) is 0 Å². The quantitative estimate of drug-likeness (QED) is 0.910. The number of rotatable bonds is 2. The highest BCUT2D eigenvalue weighted by Gasteiger charge is 2.30. The minimum Gasteiger partial charge on any atom is -0.323 e. The van der Waals surface area contributed by atoms with Crippen LogP contribution in [0.2, 0.25) is 5.02 Å². The molecule has 2 atom stereocenters. The van der Waals surface area contributed by atoms with Crippen molar-refractivity contribution >= 4 is 11.6 Å². The van der Waals surface area contributed by atoms with Gasteiger partial charge in [-0.05, 0) is 42.2 Å². The first kappa shape index (κ1) is 12.6. The molecule has 98 valence electrons. The van der Waals surface area contributed by atoms with Gasteiger partial charge in [0.25, 0.3) is 0 Å². The standard InChI is InChI=1S/C15H14ClFN2/c16-13-8-10(17)4-6-11(13)14(18)12-5-3-9-2-1-7-19-15(9)12/h1-2,4,6-8,12,14H,3,5,18H2. The van der Waals surface area contributed by atoms with Crippen LogP contribution in [0.4, 0.5) is 4.39 Å². The van der Waals surface area contributed by atoms with Crippen LogP contribution in [0.25, 0.3) is 0 Å². The fourth-order valence-electron chi connectivity index (χ4n) is 2.78. The van der Waals surface area contributed by atoms with Crippen LogP contribution in [0.15, 0.2) is 36.5 Å². The Kier molecular flexibility index (Phi) is 3.25. The van der Waals surface area contributed by atoms with Gasteiger partial charge < -0.3 is 5.73 Å². The predicted octanol–water partition coefficient (Wildman–Crippen LogP) is 3.60. The number of pyridine rings is 1. The Balaban J connectivity index is 1.95. The molecule has 1 aromatic carbocycles. The Morgan fingerprint density at radius 1 is 1.37 bits per heavy atom. The van der Waals surface area contributed by atoms with Gasteiger partial charge in [-0.15, -0.1) is 0 Å². The normalized spacial score (nSPS) is 19.2. The van der Waals surface area contributed by atoms with Gasteiger partial charge in [-0.1, -0.05) is 23.7 Å². The molecule has 0 radical (unpaired) electrons. The van der Waals surface area contributed by atoms with Crippen molar-refractivity contribution in [2.75, 3.05) is 0 Å². The predicted molar refractivity (Wildman–Crippen MR) is 73.6 cm³/mol. The number of aryl methyl sites for hydroxylation is 1. The summed E-state index contributed by atoms with van der Waals surface area (Å²) in [6, 6.07) is 8.16. The fourth-order valence-corrected chi connectivity index (χ4v) is 3.08. The van der Waals surface area contributed by atoms with Crippen LogP contribution in [-0.4, -0.2) is 4.98 Å². The van der Waals surface area contributed by atoms with E-state index in [4.69, 9.17) is 17.3 Å². The van der Waals surface area contributed by atoms with Crippen LogP contribution in [0.3, 0.4) is 0 Å². The zero-order valence-electron chi connectivity index (χ0n) is 10.3. The monoisotopic (exact) mass is 276 g/mol. The van der Waals surface area contributed by atoms with Crippen LogP contribution < -0.4 is 5.73 Å². The van der Waals surface area contributed by atoms with E-state index in [0.717, 1.165) is 24.1 Å². The average Bonchev–Trinajstić information content (AvgIpc) is 2.82. The highest BCUT2D eigenvalue weighted by molar-refractivity contribution is 6.31. The van der Waals surface area contributed by atoms with Crippen LogP contribution in [0, 0.1) is 5.82 Å². The molecule has 1 heterocycles. The second-order valence-corrected chi connectivity index (χ2v) is 5.29. The highest BCUT2D eigenvalue weighted by Crippen LogP contribution is 2.40. The topological polar surface area (TPSA) is 38.9 Å². The molecule has 2 nitrogen and oxygen atoms in total. The molecule has 4 heteroatoms. The van der Waals surface area contributed by atoms with Crippen molar-refractivity contribution in [1.82, 2.24) is 4.98 Å². The molecule has 0 saturated carbocycles. The first-order chi connectivity index (χ1) is 9.16. The van der Waals surface area contributed by atoms with Gasteiger partial charge in [0.2, 0.25) is 0 Å². The summed E-state index contributed by atoms with van der Waals surface area (Å²) in [4.78, 5) is 4.44. The van der Waals surface area contributed by atoms with Gasteiger partial charge in [-0.2, -0.15) is 0 Å². The van der Waals surface area contributed by atoms with E-state index in [0.29, 0.717) is 5.02 Å². The second-order valence-electron chi connectivity index (χ2n) is 4.88. The van der Waals surface area contributed by atoms with Crippen molar-refractivity contribution in [2.24, 2.45) is 5.73 Å². The number of nitrogens with zero attached hydrogens (tertiary/aromatic N) is 1. The van der Waals surface area contributed by atoms with Gasteiger partial charge in [0, 0.05) is 28.9 Å². The Bertz CT molecular complexity index is 615. The lowest BCUT2D eigenvalue weighted by Gasteiger charge is -2.21. The number of nitrogens with two attached hydrogens (primary N) is 1. The lowest BCUT2D eigenvalue weighted by atomic mass is 9.91. The van der Waals surface area contributed by atoms with Crippen molar-refractivity contribution < 1.29 is 4.39 Å². The van der Waals surface area contributed by atoms with Crippen molar-refractivity contribution in [3.05, 3.63) is 64.2 Å². The van der Waals surface area contributed by atoms with Crippen molar-refractivity contribution in [3.63, 3.8) is 0 Å². The van der Waals surface area contributed by atoms with Gasteiger partial charge in [0.15, 0.2) is 0 Å². The molecule has 3 rings (SSSR count). The molecule has 1 aliphatic carbocycles. The maximum Gasteiger partial charge on any atom is 0.124 e. The van der Waals surface area contributed by atoms with Crippen molar-refractivity contribution in [3.8, 4) is 0 Å². The summed E-state index contributed by atoms with van der Waals surface area (Å²) in [5.74, 6) is -0.190. The third-order valence-corrected chi connectivity index (χ3v) is 4.08. The van der Waals surface area contributed by atoms with Crippen LogP contribution >= 0.6 is 11.6 Å². The summed E-state index contributed by atoms with van der Waals surface area (Å²) in [5, 5.41) is 0.386. The van der Waals surface area contributed by atoms with E-state index in [9.17, 15) is 4.39 Å². The Morgan fingerprint density at radius 2 is 2.21 bits per heavy atom. The summed E-state index contributed by atoms with van der Waals surface area (Å²) < 4.78 is 13.1. The maximum absolute atomic E-state index is 13.1. The minimum atomic E-state index is -0.342. The van der Waals surface area contributed by atoms with Gasteiger partial charge in [-0.25, -0.2) is 4.39 Å². The molecule has 0 amide bonds. The summed E-state index contributed by atoms with van der Waals surface area (Å²) in [5.41, 5.74) is 9.41. The highest BCUT2D eigenvalue weighted by atomic mass is 35.5. The van der Waals surface area contributed by atoms with E-state index in [1.54, 1.807) is 12.3 Å². The number of aromatic nitrogens is 1. The van der Waals surface area contributed by atoms with E-state index in [1.165, 1.54) is 17.7 Å². The van der Waals surface area contributed by atoms with E-state index >= 15 is 0 Å². The smallest absolute Gasteiger partial charge is 0.124 e. The number of benzene rings is 1. The Hall–Kier alpha value is -1.45. The van der Waals surface area contributed by atoms with E-state index in [-0.39, 0.29) is 17.8 Å². The summed E-state index contributed by atoms with van der Waals surface area (Å²) in [7, 11) is 0. The van der Waals surface area contributed by atoms with Crippen molar-refractivity contribution in [1.29, 1.82) is 0 Å².